The van der Waals surface area contributed by atoms with E-state index in [2.05, 4.69) is 14.8 Å². The van der Waals surface area contributed by atoms with Gasteiger partial charge < -0.3 is 10.1 Å². The van der Waals surface area contributed by atoms with E-state index >= 15 is 0 Å². The average Bonchev–Trinajstić information content (AvgIpc) is 2.44. The second-order valence-corrected chi connectivity index (χ2v) is 6.77. The highest BCUT2D eigenvalue weighted by molar-refractivity contribution is 7.87. The summed E-state index contributed by atoms with van der Waals surface area (Å²) in [6.45, 7) is 4.13. The molecule has 1 saturated heterocycles. The third-order valence-corrected chi connectivity index (χ3v) is 4.99. The van der Waals surface area contributed by atoms with Crippen molar-refractivity contribution in [2.24, 2.45) is 5.92 Å². The van der Waals surface area contributed by atoms with Crippen molar-refractivity contribution in [1.29, 1.82) is 0 Å². The summed E-state index contributed by atoms with van der Waals surface area (Å²) in [6.07, 6.45) is -0.872. The first-order valence-corrected chi connectivity index (χ1v) is 8.71. The van der Waals surface area contributed by atoms with Crippen LogP contribution in [0.2, 0.25) is 0 Å². The Morgan fingerprint density at radius 3 is 2.57 bits per heavy atom. The van der Waals surface area contributed by atoms with E-state index in [1.54, 1.807) is 0 Å². The molecule has 0 amide bonds. The largest absolute Gasteiger partial charge is 0.374 e. The van der Waals surface area contributed by atoms with Crippen molar-refractivity contribution in [1.82, 2.24) is 14.3 Å². The molecule has 21 heavy (non-hydrogen) atoms. The first-order chi connectivity index (χ1) is 9.95. The number of hydrogen-bond acceptors (Lipinski definition) is 4. The molecule has 1 heterocycles. The molecule has 0 aromatic heterocycles. The minimum atomic E-state index is -3.53. The summed E-state index contributed by atoms with van der Waals surface area (Å²) in [4.78, 5) is 0. The van der Waals surface area contributed by atoms with Gasteiger partial charge in [-0.05, 0) is 31.8 Å². The van der Waals surface area contributed by atoms with Gasteiger partial charge >= 0.3 is 0 Å². The first-order valence-electron chi connectivity index (χ1n) is 7.27. The fraction of sp³-hybridized carbons (Fsp3) is 1.00. The molecule has 0 atom stereocenters. The van der Waals surface area contributed by atoms with E-state index in [1.807, 2.05) is 6.92 Å². The van der Waals surface area contributed by atoms with Crippen LogP contribution in [0.4, 0.5) is 8.78 Å². The minimum absolute atomic E-state index is 0.00632. The highest BCUT2D eigenvalue weighted by Crippen LogP contribution is 2.18. The Labute approximate surface area is 125 Å². The van der Waals surface area contributed by atoms with Gasteiger partial charge in [-0.1, -0.05) is 6.92 Å². The molecule has 1 aliphatic heterocycles. The number of hydrogen-bond donors (Lipinski definition) is 2. The maximum absolute atomic E-state index is 12.0. The summed E-state index contributed by atoms with van der Waals surface area (Å²) in [5.41, 5.74) is 0. The maximum Gasteiger partial charge on any atom is 0.279 e. The number of rotatable bonds is 10. The Bertz CT molecular complexity index is 374. The van der Waals surface area contributed by atoms with E-state index in [9.17, 15) is 17.2 Å². The summed E-state index contributed by atoms with van der Waals surface area (Å²) in [7, 11) is -3.53. The molecule has 0 saturated carbocycles. The molecule has 1 rings (SSSR count). The van der Waals surface area contributed by atoms with Gasteiger partial charge in [0.2, 0.25) is 0 Å². The van der Waals surface area contributed by atoms with Gasteiger partial charge in [0.25, 0.3) is 16.6 Å². The normalized spacial score (nSPS) is 18.5. The molecular formula is C12H25F2N3O3S. The lowest BCUT2D eigenvalue weighted by molar-refractivity contribution is 0.0198. The van der Waals surface area contributed by atoms with Crippen LogP contribution in [0.3, 0.4) is 0 Å². The Morgan fingerprint density at radius 1 is 1.33 bits per heavy atom. The monoisotopic (exact) mass is 329 g/mol. The van der Waals surface area contributed by atoms with Crippen LogP contribution in [0.25, 0.3) is 0 Å². The van der Waals surface area contributed by atoms with E-state index in [-0.39, 0.29) is 13.2 Å². The minimum Gasteiger partial charge on any atom is -0.374 e. The summed E-state index contributed by atoms with van der Waals surface area (Å²) >= 11 is 0. The van der Waals surface area contributed by atoms with Gasteiger partial charge in [-0.25, -0.2) is 8.78 Å². The van der Waals surface area contributed by atoms with Crippen LogP contribution in [0.5, 0.6) is 0 Å². The van der Waals surface area contributed by atoms with E-state index < -0.39 is 23.2 Å². The van der Waals surface area contributed by atoms with E-state index in [4.69, 9.17) is 0 Å². The molecular weight excluding hydrogens is 304 g/mol. The number of halogens is 2. The zero-order chi connectivity index (χ0) is 15.7. The number of alkyl halides is 2. The lowest BCUT2D eigenvalue weighted by Crippen LogP contribution is -2.46. The third-order valence-electron chi connectivity index (χ3n) is 3.37. The van der Waals surface area contributed by atoms with Crippen LogP contribution >= 0.6 is 0 Å². The van der Waals surface area contributed by atoms with Crippen molar-refractivity contribution in [2.75, 3.05) is 45.9 Å². The topological polar surface area (TPSA) is 70.7 Å². The average molecular weight is 329 g/mol. The molecule has 2 N–H and O–H groups in total. The molecule has 1 fully saturated rings. The van der Waals surface area contributed by atoms with Gasteiger partial charge in [0, 0.05) is 19.6 Å². The molecule has 1 aliphatic rings. The molecule has 9 heteroatoms. The van der Waals surface area contributed by atoms with Crippen molar-refractivity contribution in [3.05, 3.63) is 0 Å². The standard InChI is InChI=1S/C12H25F2N3O3S/c1-2-15-9-11-3-6-17(7-4-11)21(18,19)16-5-8-20-10-12(13)14/h11-12,15-16H,2-10H2,1H3. The second kappa shape index (κ2) is 9.62. The molecule has 6 nitrogen and oxygen atoms in total. The molecule has 126 valence electrons. The van der Waals surface area contributed by atoms with Crippen LogP contribution in [0.1, 0.15) is 19.8 Å². The summed E-state index contributed by atoms with van der Waals surface area (Å²) in [5.74, 6) is 0.505. The van der Waals surface area contributed by atoms with E-state index in [0.29, 0.717) is 19.0 Å². The van der Waals surface area contributed by atoms with Gasteiger partial charge in [-0.3, -0.25) is 0 Å². The van der Waals surface area contributed by atoms with Crippen molar-refractivity contribution in [3.63, 3.8) is 0 Å². The number of nitrogens with one attached hydrogen (secondary N) is 2. The highest BCUT2D eigenvalue weighted by atomic mass is 32.2. The Kier molecular flexibility index (Phi) is 8.57. The van der Waals surface area contributed by atoms with Crippen molar-refractivity contribution < 1.29 is 21.9 Å². The molecule has 0 aromatic rings. The summed E-state index contributed by atoms with van der Waals surface area (Å²) in [6, 6.07) is 0. The fourth-order valence-corrected chi connectivity index (χ4v) is 3.42. The third kappa shape index (κ3) is 7.46. The molecule has 0 aromatic carbocycles. The van der Waals surface area contributed by atoms with Gasteiger partial charge in [-0.2, -0.15) is 17.4 Å². The predicted molar refractivity (Wildman–Crippen MR) is 76.6 cm³/mol. The van der Waals surface area contributed by atoms with Crippen LogP contribution in [-0.4, -0.2) is 65.1 Å². The smallest absolute Gasteiger partial charge is 0.279 e. The van der Waals surface area contributed by atoms with Crippen molar-refractivity contribution >= 4 is 10.2 Å². The van der Waals surface area contributed by atoms with Crippen LogP contribution in [0.15, 0.2) is 0 Å². The zero-order valence-corrected chi connectivity index (χ0v) is 13.2. The van der Waals surface area contributed by atoms with Crippen LogP contribution < -0.4 is 10.0 Å². The van der Waals surface area contributed by atoms with Gasteiger partial charge in [-0.15, -0.1) is 0 Å². The molecule has 0 spiro atoms. The Balaban J connectivity index is 2.23. The number of nitrogens with zero attached hydrogens (tertiary/aromatic N) is 1. The molecule has 0 radical (unpaired) electrons. The van der Waals surface area contributed by atoms with Crippen molar-refractivity contribution in [2.45, 2.75) is 26.2 Å². The van der Waals surface area contributed by atoms with Gasteiger partial charge in [0.05, 0.1) is 6.61 Å². The SMILES string of the molecule is CCNCC1CCN(S(=O)(=O)NCCOCC(F)F)CC1. The summed E-state index contributed by atoms with van der Waals surface area (Å²) < 4.78 is 56.1. The van der Waals surface area contributed by atoms with Crippen molar-refractivity contribution in [3.8, 4) is 0 Å². The number of ether oxygens (including phenoxy) is 1. The highest BCUT2D eigenvalue weighted by Gasteiger charge is 2.27. The van der Waals surface area contributed by atoms with Gasteiger partial charge in [0.15, 0.2) is 0 Å². The zero-order valence-electron chi connectivity index (χ0n) is 12.4. The first kappa shape index (κ1) is 18.7. The lowest BCUT2D eigenvalue weighted by atomic mass is 9.98. The molecule has 0 unspecified atom stereocenters. The van der Waals surface area contributed by atoms with E-state index in [1.165, 1.54) is 4.31 Å². The predicted octanol–water partition coefficient (Wildman–Crippen LogP) is 0.424. The molecule has 0 aliphatic carbocycles. The quantitative estimate of drug-likeness (QED) is 0.570. The maximum atomic E-state index is 12.0. The van der Waals surface area contributed by atoms with Crippen LogP contribution in [-0.2, 0) is 14.9 Å². The molecule has 0 bridgehead atoms. The van der Waals surface area contributed by atoms with Crippen LogP contribution in [0, 0.1) is 5.92 Å². The lowest BCUT2D eigenvalue weighted by Gasteiger charge is -2.31. The second-order valence-electron chi connectivity index (χ2n) is 5.02. The number of piperidine rings is 1. The van der Waals surface area contributed by atoms with Gasteiger partial charge in [0.1, 0.15) is 6.61 Å². The van der Waals surface area contributed by atoms with E-state index in [0.717, 1.165) is 25.9 Å². The Hall–Kier alpha value is -0.350. The fourth-order valence-electron chi connectivity index (χ4n) is 2.21. The Morgan fingerprint density at radius 2 is 2.00 bits per heavy atom. The summed E-state index contributed by atoms with van der Waals surface area (Å²) in [5, 5.41) is 3.27.